The lowest BCUT2D eigenvalue weighted by Crippen LogP contribution is -2.14. The van der Waals surface area contributed by atoms with Crippen molar-refractivity contribution in [3.8, 4) is 11.5 Å². The number of aromatic hydroxyl groups is 2. The number of hydrogen-bond acceptors (Lipinski definition) is 6. The Balaban J connectivity index is 1.75. The van der Waals surface area contributed by atoms with Gasteiger partial charge < -0.3 is 14.9 Å². The minimum atomic E-state index is -0.634. The predicted octanol–water partition coefficient (Wildman–Crippen LogP) is 2.69. The molecule has 3 aromatic rings. The van der Waals surface area contributed by atoms with Crippen LogP contribution in [0.25, 0.3) is 10.9 Å². The summed E-state index contributed by atoms with van der Waals surface area (Å²) in [5, 5.41) is 19.3. The molecule has 120 valence electrons. The number of esters is 1. The molecule has 2 N–H and O–H groups in total. The van der Waals surface area contributed by atoms with Crippen LogP contribution in [0, 0.1) is 0 Å². The Morgan fingerprint density at radius 1 is 1.00 bits per heavy atom. The zero-order valence-electron chi connectivity index (χ0n) is 12.5. The van der Waals surface area contributed by atoms with Crippen molar-refractivity contribution in [1.82, 2.24) is 4.98 Å². The molecule has 0 saturated heterocycles. The summed E-state index contributed by atoms with van der Waals surface area (Å²) >= 11 is 0. The summed E-state index contributed by atoms with van der Waals surface area (Å²) in [6.07, 6.45) is 1.50. The first-order valence-electron chi connectivity index (χ1n) is 7.12. The van der Waals surface area contributed by atoms with Crippen molar-refractivity contribution in [2.45, 2.75) is 0 Å². The molecule has 3 rings (SSSR count). The van der Waals surface area contributed by atoms with Gasteiger partial charge in [-0.3, -0.25) is 9.78 Å². The number of phenolic OH excluding ortho intramolecular Hbond substituents is 2. The number of pyridine rings is 1. The van der Waals surface area contributed by atoms with E-state index >= 15 is 0 Å². The van der Waals surface area contributed by atoms with E-state index in [2.05, 4.69) is 4.98 Å². The van der Waals surface area contributed by atoms with Crippen molar-refractivity contribution in [1.29, 1.82) is 0 Å². The third-order valence-corrected chi connectivity index (χ3v) is 3.50. The van der Waals surface area contributed by atoms with Crippen LogP contribution < -0.4 is 0 Å². The summed E-state index contributed by atoms with van der Waals surface area (Å²) in [5.41, 5.74) is 1.11. The second-order valence-electron chi connectivity index (χ2n) is 5.08. The van der Waals surface area contributed by atoms with E-state index in [1.807, 2.05) is 6.07 Å². The molecule has 0 aliphatic rings. The molecular weight excluding hydrogens is 310 g/mol. The van der Waals surface area contributed by atoms with E-state index in [0.717, 1.165) is 6.07 Å². The number of phenols is 2. The Morgan fingerprint density at radius 3 is 2.58 bits per heavy atom. The Bertz CT molecular complexity index is 930. The monoisotopic (exact) mass is 323 g/mol. The largest absolute Gasteiger partial charge is 0.504 e. The molecule has 24 heavy (non-hydrogen) atoms. The fourth-order valence-electron chi connectivity index (χ4n) is 2.26. The zero-order valence-corrected chi connectivity index (χ0v) is 12.5. The van der Waals surface area contributed by atoms with Gasteiger partial charge in [0.15, 0.2) is 23.9 Å². The maximum absolute atomic E-state index is 12.2. The van der Waals surface area contributed by atoms with Gasteiger partial charge in [0.1, 0.15) is 0 Å². The molecule has 0 amide bonds. The highest BCUT2D eigenvalue weighted by molar-refractivity contribution is 6.05. The summed E-state index contributed by atoms with van der Waals surface area (Å²) in [5.74, 6) is -1.86. The first kappa shape index (κ1) is 15.5. The SMILES string of the molecule is O=C(COC(=O)c1ccnc2ccccc12)c1ccc(O)c(O)c1. The third-order valence-electron chi connectivity index (χ3n) is 3.50. The molecule has 0 spiro atoms. The van der Waals surface area contributed by atoms with Crippen molar-refractivity contribution in [2.24, 2.45) is 0 Å². The Kier molecular flexibility index (Phi) is 4.11. The molecule has 1 aromatic heterocycles. The van der Waals surface area contributed by atoms with Gasteiger partial charge in [0, 0.05) is 17.1 Å². The van der Waals surface area contributed by atoms with Crippen LogP contribution in [-0.2, 0) is 4.74 Å². The smallest absolute Gasteiger partial charge is 0.339 e. The van der Waals surface area contributed by atoms with Crippen LogP contribution in [0.3, 0.4) is 0 Å². The van der Waals surface area contributed by atoms with E-state index in [0.29, 0.717) is 16.5 Å². The van der Waals surface area contributed by atoms with E-state index < -0.39 is 24.1 Å². The van der Waals surface area contributed by atoms with Gasteiger partial charge in [-0.25, -0.2) is 4.79 Å². The van der Waals surface area contributed by atoms with Crippen LogP contribution in [0.2, 0.25) is 0 Å². The lowest BCUT2D eigenvalue weighted by molar-refractivity contribution is 0.0476. The molecule has 0 fully saturated rings. The molecule has 0 aliphatic heterocycles. The van der Waals surface area contributed by atoms with Crippen LogP contribution in [0.15, 0.2) is 54.7 Å². The standard InChI is InChI=1S/C18H13NO5/c20-15-6-5-11(9-16(15)21)17(22)10-24-18(23)13-7-8-19-14-4-2-1-3-12(13)14/h1-9,20-21H,10H2. The van der Waals surface area contributed by atoms with E-state index in [4.69, 9.17) is 4.74 Å². The molecule has 2 aromatic carbocycles. The lowest BCUT2D eigenvalue weighted by Gasteiger charge is -2.07. The average molecular weight is 323 g/mol. The number of fused-ring (bicyclic) bond motifs is 1. The van der Waals surface area contributed by atoms with Crippen molar-refractivity contribution in [2.75, 3.05) is 6.61 Å². The molecule has 0 radical (unpaired) electrons. The van der Waals surface area contributed by atoms with Crippen molar-refractivity contribution in [3.63, 3.8) is 0 Å². The predicted molar refractivity (Wildman–Crippen MR) is 86.1 cm³/mol. The number of para-hydroxylation sites is 1. The van der Waals surface area contributed by atoms with Crippen LogP contribution in [0.1, 0.15) is 20.7 Å². The number of nitrogens with zero attached hydrogens (tertiary/aromatic N) is 1. The molecular formula is C18H13NO5. The molecule has 0 unspecified atom stereocenters. The minimum absolute atomic E-state index is 0.137. The third kappa shape index (κ3) is 3.03. The summed E-state index contributed by atoms with van der Waals surface area (Å²) in [7, 11) is 0. The quantitative estimate of drug-likeness (QED) is 0.435. The second-order valence-corrected chi connectivity index (χ2v) is 5.08. The maximum Gasteiger partial charge on any atom is 0.339 e. The number of ether oxygens (including phenoxy) is 1. The Morgan fingerprint density at radius 2 is 1.79 bits per heavy atom. The number of benzene rings is 2. The molecule has 6 heteroatoms. The van der Waals surface area contributed by atoms with E-state index in [9.17, 15) is 19.8 Å². The average Bonchev–Trinajstić information content (AvgIpc) is 2.61. The maximum atomic E-state index is 12.2. The van der Waals surface area contributed by atoms with Gasteiger partial charge >= 0.3 is 5.97 Å². The first-order chi connectivity index (χ1) is 11.6. The van der Waals surface area contributed by atoms with Gasteiger partial charge in [-0.2, -0.15) is 0 Å². The van der Waals surface area contributed by atoms with Crippen LogP contribution in [-0.4, -0.2) is 33.6 Å². The molecule has 0 bridgehead atoms. The Labute approximate surface area is 137 Å². The number of ketones is 1. The van der Waals surface area contributed by atoms with E-state index in [1.165, 1.54) is 24.4 Å². The molecule has 0 saturated carbocycles. The number of Topliss-reactive ketones (excluding diaryl/α,β-unsaturated/α-hetero) is 1. The topological polar surface area (TPSA) is 96.7 Å². The van der Waals surface area contributed by atoms with Crippen LogP contribution >= 0.6 is 0 Å². The molecule has 0 aliphatic carbocycles. The van der Waals surface area contributed by atoms with Gasteiger partial charge in [-0.15, -0.1) is 0 Å². The fourth-order valence-corrected chi connectivity index (χ4v) is 2.26. The van der Waals surface area contributed by atoms with Crippen molar-refractivity contribution < 1.29 is 24.5 Å². The number of rotatable bonds is 4. The summed E-state index contributed by atoms with van der Waals surface area (Å²) in [6.45, 7) is -0.473. The number of hydrogen-bond donors (Lipinski definition) is 2. The summed E-state index contributed by atoms with van der Waals surface area (Å²) < 4.78 is 5.06. The van der Waals surface area contributed by atoms with Crippen molar-refractivity contribution in [3.05, 3.63) is 65.9 Å². The zero-order chi connectivity index (χ0) is 17.1. The normalized spacial score (nSPS) is 10.5. The highest BCUT2D eigenvalue weighted by Crippen LogP contribution is 2.25. The lowest BCUT2D eigenvalue weighted by atomic mass is 10.1. The molecule has 0 atom stereocenters. The van der Waals surface area contributed by atoms with Crippen LogP contribution in [0.5, 0.6) is 11.5 Å². The van der Waals surface area contributed by atoms with Crippen molar-refractivity contribution >= 4 is 22.7 Å². The fraction of sp³-hybridized carbons (Fsp3) is 0.0556. The minimum Gasteiger partial charge on any atom is -0.504 e. The number of aromatic nitrogens is 1. The van der Waals surface area contributed by atoms with Gasteiger partial charge in [0.25, 0.3) is 0 Å². The van der Waals surface area contributed by atoms with Gasteiger partial charge in [-0.1, -0.05) is 18.2 Å². The molecule has 1 heterocycles. The van der Waals surface area contributed by atoms with Gasteiger partial charge in [0.2, 0.25) is 0 Å². The first-order valence-corrected chi connectivity index (χ1v) is 7.12. The Hall–Kier alpha value is -3.41. The number of carbonyl (C=O) groups is 2. The van der Waals surface area contributed by atoms with E-state index in [1.54, 1.807) is 18.2 Å². The highest BCUT2D eigenvalue weighted by Gasteiger charge is 2.15. The summed E-state index contributed by atoms with van der Waals surface area (Å²) in [4.78, 5) is 28.4. The van der Waals surface area contributed by atoms with Crippen LogP contribution in [0.4, 0.5) is 0 Å². The second kappa shape index (κ2) is 6.37. The van der Waals surface area contributed by atoms with E-state index in [-0.39, 0.29) is 11.3 Å². The van der Waals surface area contributed by atoms with Gasteiger partial charge in [-0.05, 0) is 30.3 Å². The van der Waals surface area contributed by atoms with Gasteiger partial charge in [0.05, 0.1) is 11.1 Å². The summed E-state index contributed by atoms with van der Waals surface area (Å²) in [6, 6.07) is 12.3. The number of carbonyl (C=O) groups excluding carboxylic acids is 2. The highest BCUT2D eigenvalue weighted by atomic mass is 16.5. The molecule has 6 nitrogen and oxygen atoms in total.